The van der Waals surface area contributed by atoms with Crippen LogP contribution < -0.4 is 15.4 Å². The van der Waals surface area contributed by atoms with Crippen molar-refractivity contribution < 1.29 is 28.6 Å². The minimum absolute atomic E-state index is 0.117. The molecule has 46 heavy (non-hydrogen) atoms. The summed E-state index contributed by atoms with van der Waals surface area (Å²) in [7, 11) is -0.798. The lowest BCUT2D eigenvalue weighted by Crippen LogP contribution is -2.55. The summed E-state index contributed by atoms with van der Waals surface area (Å²) in [5.74, 6) is 0.533. The van der Waals surface area contributed by atoms with Crippen molar-refractivity contribution in [3.05, 3.63) is 83.9 Å². The summed E-state index contributed by atoms with van der Waals surface area (Å²) in [4.78, 5) is 29.8. The third-order valence-corrected chi connectivity index (χ3v) is 12.7. The maximum Gasteiger partial charge on any atom is 0.407 e. The summed E-state index contributed by atoms with van der Waals surface area (Å²) in [6.07, 6.45) is -0.910. The fourth-order valence-electron chi connectivity index (χ4n) is 4.89. The fourth-order valence-corrected chi connectivity index (χ4v) is 6.26. The maximum absolute atomic E-state index is 13.2. The lowest BCUT2D eigenvalue weighted by Gasteiger charge is -2.42. The van der Waals surface area contributed by atoms with E-state index in [1.165, 1.54) is 0 Å². The SMILES string of the molecule is COc1cccc(-c2ccc(C[C@@H](C[C@H](O[Si](C)(C)C(C)(C)C)[C@H](Cc3ccccc3)NC(=O)OC(C)(C)C)NC(=O)O)cc2)n1. The lowest BCUT2D eigenvalue weighted by molar-refractivity contribution is 0.0414. The number of amides is 2. The van der Waals surface area contributed by atoms with E-state index in [1.807, 2.05) is 87.5 Å². The molecule has 1 aromatic heterocycles. The average Bonchev–Trinajstić information content (AvgIpc) is 2.95. The van der Waals surface area contributed by atoms with Crippen LogP contribution in [0.25, 0.3) is 11.3 Å². The third kappa shape index (κ3) is 11.5. The first kappa shape index (κ1) is 36.6. The standard InChI is InChI=1S/C36H51N3O6Si/c1-35(2,3)44-34(42)39-30(23-25-14-11-10-12-15-25)31(45-46(8,9)36(4,5)6)24-28(37-33(40)41)22-26-18-20-27(21-19-26)29-16-13-17-32(38-29)43-7/h10-21,28,30-31,37H,22-24H2,1-9H3,(H,39,42)(H,40,41)/t28-,30-,31-/m0/s1. The van der Waals surface area contributed by atoms with Gasteiger partial charge in [0.15, 0.2) is 8.32 Å². The van der Waals surface area contributed by atoms with E-state index in [2.05, 4.69) is 49.5 Å². The second-order valence-electron chi connectivity index (χ2n) is 14.2. The predicted molar refractivity (Wildman–Crippen MR) is 185 cm³/mol. The van der Waals surface area contributed by atoms with Crippen LogP contribution >= 0.6 is 0 Å². The van der Waals surface area contributed by atoms with E-state index in [0.717, 1.165) is 22.4 Å². The molecule has 10 heteroatoms. The van der Waals surface area contributed by atoms with Crippen LogP contribution in [0.2, 0.25) is 18.1 Å². The number of carbonyl (C=O) groups excluding carboxylic acids is 1. The minimum atomic E-state index is -2.38. The van der Waals surface area contributed by atoms with E-state index >= 15 is 0 Å². The van der Waals surface area contributed by atoms with Crippen molar-refractivity contribution in [1.82, 2.24) is 15.6 Å². The molecular formula is C36H51N3O6Si. The largest absolute Gasteiger partial charge is 0.481 e. The molecule has 1 heterocycles. The Kier molecular flexibility index (Phi) is 12.4. The minimum Gasteiger partial charge on any atom is -0.481 e. The van der Waals surface area contributed by atoms with E-state index in [0.29, 0.717) is 25.1 Å². The highest BCUT2D eigenvalue weighted by atomic mass is 28.4. The molecule has 250 valence electrons. The molecule has 3 atom stereocenters. The zero-order chi connectivity index (χ0) is 34.1. The van der Waals surface area contributed by atoms with Gasteiger partial charge in [0, 0.05) is 17.7 Å². The van der Waals surface area contributed by atoms with Gasteiger partial charge in [-0.2, -0.15) is 0 Å². The molecule has 0 saturated carbocycles. The normalized spacial score (nSPS) is 14.1. The molecule has 3 N–H and O–H groups in total. The maximum atomic E-state index is 13.2. The number of carbonyl (C=O) groups is 2. The second-order valence-corrected chi connectivity index (χ2v) is 19.0. The van der Waals surface area contributed by atoms with Crippen LogP contribution in [0.1, 0.15) is 59.1 Å². The summed E-state index contributed by atoms with van der Waals surface area (Å²) in [6.45, 7) is 16.3. The van der Waals surface area contributed by atoms with E-state index in [4.69, 9.17) is 13.9 Å². The topological polar surface area (TPSA) is 119 Å². The number of hydrogen-bond donors (Lipinski definition) is 3. The van der Waals surface area contributed by atoms with Crippen molar-refractivity contribution in [2.75, 3.05) is 7.11 Å². The van der Waals surface area contributed by atoms with Crippen LogP contribution in [0, 0.1) is 0 Å². The Bertz CT molecular complexity index is 1420. The molecule has 0 fully saturated rings. The number of nitrogens with zero attached hydrogens (tertiary/aromatic N) is 1. The van der Waals surface area contributed by atoms with Gasteiger partial charge in [0.1, 0.15) is 5.60 Å². The molecule has 0 aliphatic heterocycles. The number of alkyl carbamates (subject to hydrolysis) is 1. The summed E-state index contributed by atoms with van der Waals surface area (Å²) in [6, 6.07) is 22.4. The predicted octanol–water partition coefficient (Wildman–Crippen LogP) is 7.85. The quantitative estimate of drug-likeness (QED) is 0.161. The summed E-state index contributed by atoms with van der Waals surface area (Å²) < 4.78 is 18.0. The van der Waals surface area contributed by atoms with Crippen molar-refractivity contribution >= 4 is 20.5 Å². The van der Waals surface area contributed by atoms with Gasteiger partial charge in [0.25, 0.3) is 0 Å². The third-order valence-electron chi connectivity index (χ3n) is 8.21. The molecule has 0 bridgehead atoms. The van der Waals surface area contributed by atoms with Gasteiger partial charge in [0.2, 0.25) is 5.88 Å². The van der Waals surface area contributed by atoms with Crippen molar-refractivity contribution in [2.45, 2.75) is 103 Å². The molecule has 0 saturated heterocycles. The summed E-state index contributed by atoms with van der Waals surface area (Å²) in [5, 5.41) is 15.6. The number of rotatable bonds is 13. The van der Waals surface area contributed by atoms with Crippen LogP contribution in [-0.4, -0.2) is 61.5 Å². The number of aromatic nitrogens is 1. The number of methoxy groups -OCH3 is 1. The Morgan fingerprint density at radius 2 is 1.48 bits per heavy atom. The lowest BCUT2D eigenvalue weighted by atomic mass is 9.93. The molecule has 3 aromatic rings. The zero-order valence-electron chi connectivity index (χ0n) is 28.7. The van der Waals surface area contributed by atoms with Crippen molar-refractivity contribution in [2.24, 2.45) is 0 Å². The van der Waals surface area contributed by atoms with Gasteiger partial charge in [-0.1, -0.05) is 81.4 Å². The first-order chi connectivity index (χ1) is 21.5. The molecule has 0 radical (unpaired) electrons. The van der Waals surface area contributed by atoms with Gasteiger partial charge in [-0.3, -0.25) is 0 Å². The highest BCUT2D eigenvalue weighted by Crippen LogP contribution is 2.38. The fraction of sp³-hybridized carbons (Fsp3) is 0.472. The van der Waals surface area contributed by atoms with E-state index in [-0.39, 0.29) is 5.04 Å². The van der Waals surface area contributed by atoms with E-state index in [1.54, 1.807) is 13.2 Å². The van der Waals surface area contributed by atoms with Crippen LogP contribution in [0.4, 0.5) is 9.59 Å². The van der Waals surface area contributed by atoms with Crippen LogP contribution in [-0.2, 0) is 22.0 Å². The second kappa shape index (κ2) is 15.6. The van der Waals surface area contributed by atoms with Crippen LogP contribution in [0.5, 0.6) is 5.88 Å². The molecule has 2 aromatic carbocycles. The average molecular weight is 650 g/mol. The molecule has 9 nitrogen and oxygen atoms in total. The Morgan fingerprint density at radius 1 is 0.848 bits per heavy atom. The Hall–Kier alpha value is -3.89. The highest BCUT2D eigenvalue weighted by molar-refractivity contribution is 6.74. The van der Waals surface area contributed by atoms with Gasteiger partial charge in [-0.25, -0.2) is 14.6 Å². The van der Waals surface area contributed by atoms with E-state index < -0.39 is 44.3 Å². The summed E-state index contributed by atoms with van der Waals surface area (Å²) in [5.41, 5.74) is 3.00. The molecule has 0 aliphatic rings. The first-order valence-electron chi connectivity index (χ1n) is 15.8. The number of pyridine rings is 1. The molecule has 3 rings (SSSR count). The van der Waals surface area contributed by atoms with Crippen LogP contribution in [0.3, 0.4) is 0 Å². The molecule has 0 unspecified atom stereocenters. The number of benzene rings is 2. The van der Waals surface area contributed by atoms with Gasteiger partial charge < -0.3 is 29.6 Å². The van der Waals surface area contributed by atoms with Gasteiger partial charge in [-0.05, 0) is 75.4 Å². The Balaban J connectivity index is 1.96. The smallest absolute Gasteiger partial charge is 0.407 e. The van der Waals surface area contributed by atoms with Gasteiger partial charge >= 0.3 is 12.2 Å². The number of hydrogen-bond acceptors (Lipinski definition) is 6. The van der Waals surface area contributed by atoms with Crippen molar-refractivity contribution in [1.29, 1.82) is 0 Å². The number of nitrogens with one attached hydrogen (secondary N) is 2. The van der Waals surface area contributed by atoms with Crippen molar-refractivity contribution in [3.63, 3.8) is 0 Å². The van der Waals surface area contributed by atoms with E-state index in [9.17, 15) is 14.7 Å². The molecule has 2 amide bonds. The molecular weight excluding hydrogens is 598 g/mol. The molecule has 0 aliphatic carbocycles. The Morgan fingerprint density at radius 3 is 2.04 bits per heavy atom. The van der Waals surface area contributed by atoms with Crippen LogP contribution in [0.15, 0.2) is 72.8 Å². The van der Waals surface area contributed by atoms with Gasteiger partial charge in [0.05, 0.1) is 24.9 Å². The Labute approximate surface area is 275 Å². The molecule has 0 spiro atoms. The first-order valence-corrected chi connectivity index (χ1v) is 18.7. The number of ether oxygens (including phenoxy) is 2. The van der Waals surface area contributed by atoms with Crippen molar-refractivity contribution in [3.8, 4) is 17.1 Å². The number of carboxylic acid groups (broad SMARTS) is 1. The zero-order valence-corrected chi connectivity index (χ0v) is 29.7. The monoisotopic (exact) mass is 649 g/mol. The summed E-state index contributed by atoms with van der Waals surface area (Å²) >= 11 is 0. The van der Waals surface area contributed by atoms with Gasteiger partial charge in [-0.15, -0.1) is 0 Å². The highest BCUT2D eigenvalue weighted by Gasteiger charge is 2.42.